The van der Waals surface area contributed by atoms with E-state index in [2.05, 4.69) is 26.6 Å². The Labute approximate surface area is 176 Å². The van der Waals surface area contributed by atoms with Crippen LogP contribution in [0.2, 0.25) is 0 Å². The van der Waals surface area contributed by atoms with Crippen LogP contribution in [0.15, 0.2) is 51.7 Å². The van der Waals surface area contributed by atoms with Crippen LogP contribution in [0.1, 0.15) is 40.4 Å². The number of pyridine rings is 1. The Morgan fingerprint density at radius 3 is 2.66 bits per heavy atom. The molecule has 0 unspecified atom stereocenters. The second-order valence-corrected chi connectivity index (χ2v) is 8.51. The Morgan fingerprint density at radius 2 is 2.07 bits per heavy atom. The third-order valence-corrected chi connectivity index (χ3v) is 6.28. The average molecular weight is 423 g/mol. The third kappa shape index (κ3) is 4.28. The Bertz CT molecular complexity index is 1100. The van der Waals surface area contributed by atoms with E-state index in [1.165, 1.54) is 23.5 Å². The van der Waals surface area contributed by atoms with Crippen molar-refractivity contribution in [2.24, 2.45) is 7.05 Å². The summed E-state index contributed by atoms with van der Waals surface area (Å²) in [5.41, 5.74) is 2.27. The highest BCUT2D eigenvalue weighted by Gasteiger charge is 2.28. The zero-order valence-corrected chi connectivity index (χ0v) is 17.5. The van der Waals surface area contributed by atoms with Crippen LogP contribution in [0, 0.1) is 11.3 Å². The van der Waals surface area contributed by atoms with Crippen LogP contribution in [0.25, 0.3) is 0 Å². The molecule has 0 aliphatic heterocycles. The number of aromatic nitrogens is 4. The number of carbonyl (C=O) groups excluding carboxylic acids is 1. The number of carbonyl (C=O) groups is 1. The van der Waals surface area contributed by atoms with E-state index in [9.17, 15) is 10.1 Å². The second kappa shape index (κ2) is 8.27. The van der Waals surface area contributed by atoms with E-state index in [1.54, 1.807) is 12.4 Å². The van der Waals surface area contributed by atoms with E-state index in [-0.39, 0.29) is 5.91 Å². The maximum atomic E-state index is 12.9. The predicted molar refractivity (Wildman–Crippen MR) is 112 cm³/mol. The lowest BCUT2D eigenvalue weighted by atomic mass is 10.1. The molecule has 1 N–H and O–H groups in total. The van der Waals surface area contributed by atoms with E-state index in [0.717, 1.165) is 28.6 Å². The zero-order valence-electron chi connectivity index (χ0n) is 15.9. The van der Waals surface area contributed by atoms with Gasteiger partial charge in [-0.3, -0.25) is 4.79 Å². The summed E-state index contributed by atoms with van der Waals surface area (Å²) >= 11 is 2.88. The molecule has 0 spiro atoms. The Balaban J connectivity index is 1.54. The van der Waals surface area contributed by atoms with Crippen LogP contribution in [-0.2, 0) is 7.05 Å². The lowest BCUT2D eigenvalue weighted by Gasteiger charge is -2.11. The fraction of sp³-hybridized carbons (Fsp3) is 0.250. The summed E-state index contributed by atoms with van der Waals surface area (Å²) in [7, 11) is 1.89. The molecule has 0 saturated heterocycles. The fourth-order valence-corrected chi connectivity index (χ4v) is 4.16. The van der Waals surface area contributed by atoms with Gasteiger partial charge in [-0.2, -0.15) is 5.26 Å². The van der Waals surface area contributed by atoms with Crippen LogP contribution < -0.4 is 5.32 Å². The summed E-state index contributed by atoms with van der Waals surface area (Å²) in [5, 5.41) is 21.8. The molecule has 3 aromatic rings. The molecule has 2 aromatic heterocycles. The standard InChI is InChI=1S/C20H18N6OS2/c1-26-11-22-25-20(26)29-14-7-5-13(6-8-14)23-18(27)15-9-17(12-3-4-12)24-19(28-2)16(15)10-21/h5-9,11-12H,3-4H2,1-2H3,(H,23,27). The van der Waals surface area contributed by atoms with Gasteiger partial charge >= 0.3 is 0 Å². The molecule has 2 heterocycles. The highest BCUT2D eigenvalue weighted by Crippen LogP contribution is 2.40. The summed E-state index contributed by atoms with van der Waals surface area (Å²) in [5.74, 6) is 0.104. The van der Waals surface area contributed by atoms with Gasteiger partial charge in [0.1, 0.15) is 17.4 Å². The molecule has 1 aliphatic carbocycles. The van der Waals surface area contributed by atoms with E-state index >= 15 is 0 Å². The number of benzene rings is 1. The number of hydrogen-bond donors (Lipinski definition) is 1. The first kappa shape index (κ1) is 19.5. The molecule has 1 aliphatic rings. The minimum absolute atomic E-state index is 0.296. The molecule has 146 valence electrons. The molecular weight excluding hydrogens is 404 g/mol. The molecule has 1 fully saturated rings. The van der Waals surface area contributed by atoms with E-state index in [4.69, 9.17) is 0 Å². The van der Waals surface area contributed by atoms with Gasteiger partial charge in [0, 0.05) is 29.2 Å². The van der Waals surface area contributed by atoms with E-state index < -0.39 is 0 Å². The normalized spacial score (nSPS) is 13.1. The molecule has 7 nitrogen and oxygen atoms in total. The number of thioether (sulfide) groups is 1. The maximum absolute atomic E-state index is 12.9. The van der Waals surface area contributed by atoms with Crippen LogP contribution in [0.4, 0.5) is 5.69 Å². The number of aryl methyl sites for hydroxylation is 1. The van der Waals surface area contributed by atoms with Crippen molar-refractivity contribution in [3.8, 4) is 6.07 Å². The third-order valence-electron chi connectivity index (χ3n) is 4.54. The van der Waals surface area contributed by atoms with Crippen molar-refractivity contribution in [2.45, 2.75) is 33.8 Å². The average Bonchev–Trinajstić information content (AvgIpc) is 3.51. The second-order valence-electron chi connectivity index (χ2n) is 6.67. The number of nitrogens with zero attached hydrogens (tertiary/aromatic N) is 5. The molecule has 4 rings (SSSR count). The van der Waals surface area contributed by atoms with E-state index in [1.807, 2.05) is 42.1 Å². The van der Waals surface area contributed by atoms with Crippen LogP contribution in [-0.4, -0.2) is 31.9 Å². The minimum Gasteiger partial charge on any atom is -0.322 e. The largest absolute Gasteiger partial charge is 0.322 e. The Morgan fingerprint density at radius 1 is 1.31 bits per heavy atom. The smallest absolute Gasteiger partial charge is 0.257 e. The van der Waals surface area contributed by atoms with Gasteiger partial charge < -0.3 is 9.88 Å². The van der Waals surface area contributed by atoms with E-state index in [0.29, 0.717) is 27.8 Å². The van der Waals surface area contributed by atoms with Gasteiger partial charge in [0.2, 0.25) is 0 Å². The van der Waals surface area contributed by atoms with Gasteiger partial charge in [0.15, 0.2) is 5.16 Å². The maximum Gasteiger partial charge on any atom is 0.257 e. The fourth-order valence-electron chi connectivity index (χ4n) is 2.84. The number of nitriles is 1. The number of rotatable bonds is 6. The molecule has 1 saturated carbocycles. The minimum atomic E-state index is -0.296. The van der Waals surface area contributed by atoms with Crippen molar-refractivity contribution in [1.82, 2.24) is 19.7 Å². The quantitative estimate of drug-likeness (QED) is 0.598. The van der Waals surface area contributed by atoms with Crippen molar-refractivity contribution >= 4 is 35.1 Å². The number of nitrogens with one attached hydrogen (secondary N) is 1. The SMILES string of the molecule is CSc1nc(C2CC2)cc(C(=O)Nc2ccc(Sc3nncn3C)cc2)c1C#N. The molecule has 0 bridgehead atoms. The van der Waals surface area contributed by atoms with Gasteiger partial charge in [0.25, 0.3) is 5.91 Å². The molecule has 0 atom stereocenters. The molecule has 9 heteroatoms. The first-order chi connectivity index (χ1) is 14.1. The van der Waals surface area contributed by atoms with Crippen molar-refractivity contribution in [3.05, 3.63) is 53.5 Å². The van der Waals surface area contributed by atoms with Gasteiger partial charge in [-0.1, -0.05) is 0 Å². The number of anilines is 1. The molecule has 29 heavy (non-hydrogen) atoms. The van der Waals surface area contributed by atoms with Crippen LogP contribution >= 0.6 is 23.5 Å². The van der Waals surface area contributed by atoms with Gasteiger partial charge in [-0.15, -0.1) is 22.0 Å². The summed E-state index contributed by atoms with van der Waals surface area (Å²) in [4.78, 5) is 18.5. The zero-order chi connectivity index (χ0) is 20.4. The lowest BCUT2D eigenvalue weighted by Crippen LogP contribution is -2.15. The highest BCUT2D eigenvalue weighted by molar-refractivity contribution is 7.99. The topological polar surface area (TPSA) is 96.5 Å². The number of hydrogen-bond acceptors (Lipinski definition) is 7. The Kier molecular flexibility index (Phi) is 5.56. The van der Waals surface area contributed by atoms with Gasteiger partial charge in [-0.05, 0) is 61.2 Å². The van der Waals surface area contributed by atoms with Crippen LogP contribution in [0.3, 0.4) is 0 Å². The molecule has 1 amide bonds. The number of amides is 1. The van der Waals surface area contributed by atoms with Gasteiger partial charge in [-0.25, -0.2) is 4.98 Å². The summed E-state index contributed by atoms with van der Waals surface area (Å²) < 4.78 is 1.84. The molecule has 1 aromatic carbocycles. The van der Waals surface area contributed by atoms with Crippen LogP contribution in [0.5, 0.6) is 0 Å². The molecular formula is C20H18N6OS2. The molecule has 0 radical (unpaired) electrons. The monoisotopic (exact) mass is 422 g/mol. The highest BCUT2D eigenvalue weighted by atomic mass is 32.2. The van der Waals surface area contributed by atoms with Gasteiger partial charge in [0.05, 0.1) is 11.1 Å². The van der Waals surface area contributed by atoms with Crippen molar-refractivity contribution in [2.75, 3.05) is 11.6 Å². The van der Waals surface area contributed by atoms with Crippen molar-refractivity contribution in [3.63, 3.8) is 0 Å². The first-order valence-electron chi connectivity index (χ1n) is 9.01. The van der Waals surface area contributed by atoms with Crippen molar-refractivity contribution < 1.29 is 4.79 Å². The predicted octanol–water partition coefficient (Wildman–Crippen LogP) is 4.08. The van der Waals surface area contributed by atoms with Crippen molar-refractivity contribution in [1.29, 1.82) is 5.26 Å². The first-order valence-corrected chi connectivity index (χ1v) is 11.1. The lowest BCUT2D eigenvalue weighted by molar-refractivity contribution is 0.102. The Hall–Kier alpha value is -2.83. The summed E-state index contributed by atoms with van der Waals surface area (Å²) in [6.45, 7) is 0. The summed E-state index contributed by atoms with van der Waals surface area (Å²) in [6, 6.07) is 11.4. The summed E-state index contributed by atoms with van der Waals surface area (Å²) in [6.07, 6.45) is 5.68.